The first kappa shape index (κ1) is 14.1. The molecule has 96 valence electrons. The van der Waals surface area contributed by atoms with Gasteiger partial charge in [0.05, 0.1) is 0 Å². The van der Waals surface area contributed by atoms with E-state index in [0.29, 0.717) is 42.1 Å². The minimum absolute atomic E-state index is 0.103. The Morgan fingerprint density at radius 1 is 1.00 bits per heavy atom. The Balaban J connectivity index is 3.04. The van der Waals surface area contributed by atoms with Crippen LogP contribution in [0.3, 0.4) is 0 Å². The quantitative estimate of drug-likeness (QED) is 0.580. The molecule has 0 saturated heterocycles. The normalized spacial score (nSPS) is 10.8. The first-order valence-electron chi connectivity index (χ1n) is 5.68. The lowest BCUT2D eigenvalue weighted by Gasteiger charge is -2.15. The molecule has 0 fully saturated rings. The summed E-state index contributed by atoms with van der Waals surface area (Å²) in [4.78, 5) is 0. The number of aliphatic hydroxyl groups excluding tert-OH is 2. The molecule has 1 rings (SSSR count). The van der Waals surface area contributed by atoms with Gasteiger partial charge in [-0.05, 0) is 42.9 Å². The van der Waals surface area contributed by atoms with Gasteiger partial charge in [0.2, 0.25) is 0 Å². The lowest BCUT2D eigenvalue weighted by molar-refractivity contribution is 0.288. The van der Waals surface area contributed by atoms with Crippen LogP contribution in [0.15, 0.2) is 6.07 Å². The molecular formula is C12H19ClN2O2. The molecule has 0 saturated carbocycles. The smallest absolute Gasteiger partial charge is 0.0479 e. The van der Waals surface area contributed by atoms with E-state index in [1.165, 1.54) is 0 Å². The average molecular weight is 259 g/mol. The van der Waals surface area contributed by atoms with E-state index < -0.39 is 0 Å². The van der Waals surface area contributed by atoms with Crippen LogP contribution in [0.5, 0.6) is 0 Å². The molecule has 0 atom stereocenters. The first-order chi connectivity index (χ1) is 8.11. The molecular weight excluding hydrogens is 240 g/mol. The zero-order chi connectivity index (χ0) is 12.8. The van der Waals surface area contributed by atoms with Crippen molar-refractivity contribution in [2.24, 2.45) is 0 Å². The Bertz CT molecular complexity index is 351. The second-order valence-electron chi connectivity index (χ2n) is 3.97. The molecule has 0 aliphatic carbocycles. The first-order valence-corrected chi connectivity index (χ1v) is 6.06. The third-order valence-electron chi connectivity index (χ3n) is 2.74. The maximum absolute atomic E-state index is 8.83. The highest BCUT2D eigenvalue weighted by Gasteiger charge is 2.13. The molecule has 0 aliphatic rings. The third kappa shape index (κ3) is 3.49. The number of aliphatic hydroxyl groups is 2. The summed E-state index contributed by atoms with van der Waals surface area (Å²) in [6.07, 6.45) is 2.51. The van der Waals surface area contributed by atoms with Crippen molar-refractivity contribution in [1.82, 2.24) is 0 Å². The van der Waals surface area contributed by atoms with Crippen LogP contribution < -0.4 is 11.5 Å². The highest BCUT2D eigenvalue weighted by Crippen LogP contribution is 2.32. The lowest BCUT2D eigenvalue weighted by atomic mass is 9.98. The molecule has 0 unspecified atom stereocenters. The van der Waals surface area contributed by atoms with Gasteiger partial charge in [-0.2, -0.15) is 0 Å². The van der Waals surface area contributed by atoms with Gasteiger partial charge >= 0.3 is 0 Å². The summed E-state index contributed by atoms with van der Waals surface area (Å²) in [5.74, 6) is 0. The van der Waals surface area contributed by atoms with Crippen LogP contribution in [-0.2, 0) is 12.8 Å². The summed E-state index contributed by atoms with van der Waals surface area (Å²) in [5.41, 5.74) is 14.7. The SMILES string of the molecule is Nc1cc(Cl)c(CCCO)c(N)c1CCCO. The van der Waals surface area contributed by atoms with Crippen molar-refractivity contribution in [3.8, 4) is 0 Å². The molecule has 1 aromatic carbocycles. The Morgan fingerprint density at radius 2 is 1.53 bits per heavy atom. The van der Waals surface area contributed by atoms with Gasteiger partial charge < -0.3 is 21.7 Å². The van der Waals surface area contributed by atoms with Crippen LogP contribution in [-0.4, -0.2) is 23.4 Å². The second-order valence-corrected chi connectivity index (χ2v) is 4.38. The van der Waals surface area contributed by atoms with E-state index in [1.807, 2.05) is 0 Å². The predicted molar refractivity (Wildman–Crippen MR) is 71.1 cm³/mol. The second kappa shape index (κ2) is 6.69. The van der Waals surface area contributed by atoms with Crippen LogP contribution >= 0.6 is 11.6 Å². The molecule has 0 heterocycles. The van der Waals surface area contributed by atoms with Crippen LogP contribution in [0, 0.1) is 0 Å². The van der Waals surface area contributed by atoms with Crippen LogP contribution in [0.4, 0.5) is 11.4 Å². The van der Waals surface area contributed by atoms with Crippen molar-refractivity contribution in [2.75, 3.05) is 24.7 Å². The van der Waals surface area contributed by atoms with E-state index in [1.54, 1.807) is 6.07 Å². The monoisotopic (exact) mass is 258 g/mol. The molecule has 0 bridgehead atoms. The average Bonchev–Trinajstić information content (AvgIpc) is 2.28. The molecule has 5 heteroatoms. The van der Waals surface area contributed by atoms with E-state index in [0.717, 1.165) is 11.1 Å². The van der Waals surface area contributed by atoms with Crippen molar-refractivity contribution in [3.63, 3.8) is 0 Å². The van der Waals surface area contributed by atoms with Crippen LogP contribution in [0.1, 0.15) is 24.0 Å². The minimum Gasteiger partial charge on any atom is -0.398 e. The third-order valence-corrected chi connectivity index (χ3v) is 3.08. The number of hydrogen-bond acceptors (Lipinski definition) is 4. The molecule has 0 spiro atoms. The molecule has 6 N–H and O–H groups in total. The molecule has 0 amide bonds. The van der Waals surface area contributed by atoms with Crippen molar-refractivity contribution >= 4 is 23.0 Å². The van der Waals surface area contributed by atoms with E-state index in [4.69, 9.17) is 33.3 Å². The van der Waals surface area contributed by atoms with E-state index >= 15 is 0 Å². The number of hydrogen-bond donors (Lipinski definition) is 4. The fourth-order valence-electron chi connectivity index (χ4n) is 1.82. The van der Waals surface area contributed by atoms with Gasteiger partial charge in [0.1, 0.15) is 0 Å². The van der Waals surface area contributed by atoms with Crippen LogP contribution in [0.25, 0.3) is 0 Å². The standard InChI is InChI=1S/C12H19ClN2O2/c13-10-7-11(14)9(4-2-6-17)12(15)8(10)3-1-5-16/h7,16-17H,1-6,14-15H2. The Morgan fingerprint density at radius 3 is 2.06 bits per heavy atom. The maximum atomic E-state index is 8.83. The van der Waals surface area contributed by atoms with Gasteiger partial charge in [0.25, 0.3) is 0 Å². The summed E-state index contributed by atoms with van der Waals surface area (Å²) < 4.78 is 0. The highest BCUT2D eigenvalue weighted by molar-refractivity contribution is 6.32. The molecule has 0 aromatic heterocycles. The Hall–Kier alpha value is -0.970. The molecule has 0 aliphatic heterocycles. The van der Waals surface area contributed by atoms with Crippen molar-refractivity contribution in [1.29, 1.82) is 0 Å². The summed E-state index contributed by atoms with van der Waals surface area (Å²) in [7, 11) is 0. The van der Waals surface area contributed by atoms with Crippen molar-refractivity contribution in [2.45, 2.75) is 25.7 Å². The molecule has 1 aromatic rings. The zero-order valence-electron chi connectivity index (χ0n) is 9.75. The number of nitrogen functional groups attached to an aromatic ring is 2. The maximum Gasteiger partial charge on any atom is 0.0479 e. The number of nitrogens with two attached hydrogens (primary N) is 2. The minimum atomic E-state index is 0.103. The van der Waals surface area contributed by atoms with Crippen molar-refractivity contribution < 1.29 is 10.2 Å². The van der Waals surface area contributed by atoms with E-state index in [2.05, 4.69) is 0 Å². The summed E-state index contributed by atoms with van der Waals surface area (Å²) in [6.45, 7) is 0.208. The highest BCUT2D eigenvalue weighted by atomic mass is 35.5. The lowest BCUT2D eigenvalue weighted by Crippen LogP contribution is -2.06. The Kier molecular flexibility index (Phi) is 5.55. The van der Waals surface area contributed by atoms with Crippen molar-refractivity contribution in [3.05, 3.63) is 22.2 Å². The van der Waals surface area contributed by atoms with Gasteiger partial charge in [-0.15, -0.1) is 0 Å². The summed E-state index contributed by atoms with van der Waals surface area (Å²) in [6, 6.07) is 1.69. The molecule has 0 radical (unpaired) electrons. The molecule has 17 heavy (non-hydrogen) atoms. The fourth-order valence-corrected chi connectivity index (χ4v) is 2.14. The number of rotatable bonds is 6. The number of halogens is 1. The van der Waals surface area contributed by atoms with Gasteiger partial charge in [0, 0.05) is 29.6 Å². The topological polar surface area (TPSA) is 92.5 Å². The van der Waals surface area contributed by atoms with Gasteiger partial charge in [-0.3, -0.25) is 0 Å². The van der Waals surface area contributed by atoms with Gasteiger partial charge in [0.15, 0.2) is 0 Å². The predicted octanol–water partition coefficient (Wildman–Crippen LogP) is 1.35. The number of benzene rings is 1. The Labute approximate surface area is 106 Å². The largest absolute Gasteiger partial charge is 0.398 e. The zero-order valence-corrected chi connectivity index (χ0v) is 10.5. The summed E-state index contributed by atoms with van der Waals surface area (Å²) in [5, 5.41) is 18.2. The number of anilines is 2. The summed E-state index contributed by atoms with van der Waals surface area (Å²) >= 11 is 6.09. The molecule has 4 nitrogen and oxygen atoms in total. The fraction of sp³-hybridized carbons (Fsp3) is 0.500. The van der Waals surface area contributed by atoms with Gasteiger partial charge in [-0.1, -0.05) is 11.6 Å². The van der Waals surface area contributed by atoms with Crippen LogP contribution in [0.2, 0.25) is 5.02 Å². The van der Waals surface area contributed by atoms with E-state index in [-0.39, 0.29) is 13.2 Å². The van der Waals surface area contributed by atoms with Gasteiger partial charge in [-0.25, -0.2) is 0 Å². The van der Waals surface area contributed by atoms with E-state index in [9.17, 15) is 0 Å².